The Morgan fingerprint density at radius 1 is 1.13 bits per heavy atom. The van der Waals surface area contributed by atoms with Crippen molar-refractivity contribution in [1.82, 2.24) is 0 Å². The summed E-state index contributed by atoms with van der Waals surface area (Å²) in [5, 5.41) is 0.666. The van der Waals surface area contributed by atoms with Crippen LogP contribution in [-0.2, 0) is 0 Å². The van der Waals surface area contributed by atoms with Crippen molar-refractivity contribution >= 4 is 17.3 Å². The second-order valence-electron chi connectivity index (χ2n) is 6.91. The molecule has 1 atom stereocenters. The van der Waals surface area contributed by atoms with Gasteiger partial charge in [-0.15, -0.1) is 0 Å². The molecule has 0 N–H and O–H groups in total. The maximum absolute atomic E-state index is 6.16. The lowest BCUT2D eigenvalue weighted by atomic mass is 9.80. The second-order valence-corrected chi connectivity index (χ2v) is 7.31. The van der Waals surface area contributed by atoms with E-state index < -0.39 is 0 Å². The normalized spacial score (nSPS) is 19.3. The molecule has 1 aliphatic rings. The Labute approximate surface area is 144 Å². The summed E-state index contributed by atoms with van der Waals surface area (Å²) >= 11 is 6.16. The van der Waals surface area contributed by atoms with Gasteiger partial charge >= 0.3 is 0 Å². The zero-order valence-corrected chi connectivity index (χ0v) is 14.8. The van der Waals surface area contributed by atoms with Gasteiger partial charge < -0.3 is 9.64 Å². The van der Waals surface area contributed by atoms with Gasteiger partial charge in [0, 0.05) is 11.2 Å². The number of fused-ring (bicyclic) bond motifs is 1. The predicted octanol–water partition coefficient (Wildman–Crippen LogP) is 5.51. The topological polar surface area (TPSA) is 12.5 Å². The van der Waals surface area contributed by atoms with E-state index in [-0.39, 0.29) is 5.54 Å². The lowest BCUT2D eigenvalue weighted by Crippen LogP contribution is -2.50. The number of anilines is 1. The Bertz CT molecular complexity index is 683. The maximum Gasteiger partial charge on any atom is 0.137 e. The summed E-state index contributed by atoms with van der Waals surface area (Å²) < 4.78 is 5.90. The molecule has 0 saturated carbocycles. The van der Waals surface area contributed by atoms with Crippen LogP contribution in [0.2, 0.25) is 5.02 Å². The fraction of sp³-hybridized carbons (Fsp3) is 0.400. The Balaban J connectivity index is 1.76. The zero-order valence-electron chi connectivity index (χ0n) is 14.1. The molecule has 0 aromatic heterocycles. The molecular formula is C20H24ClNO. The summed E-state index contributed by atoms with van der Waals surface area (Å²) in [5.74, 6) is 1.34. The van der Waals surface area contributed by atoms with Crippen molar-refractivity contribution in [1.29, 1.82) is 0 Å². The van der Waals surface area contributed by atoms with Crippen molar-refractivity contribution in [2.24, 2.45) is 0 Å². The van der Waals surface area contributed by atoms with Crippen LogP contribution in [0.25, 0.3) is 0 Å². The van der Waals surface area contributed by atoms with E-state index in [4.69, 9.17) is 16.3 Å². The van der Waals surface area contributed by atoms with Crippen LogP contribution in [0.1, 0.15) is 38.7 Å². The third-order valence-electron chi connectivity index (χ3n) is 4.70. The zero-order chi connectivity index (χ0) is 16.4. The molecule has 1 unspecified atom stereocenters. The van der Waals surface area contributed by atoms with Gasteiger partial charge in [0.15, 0.2) is 0 Å². The Morgan fingerprint density at radius 2 is 1.83 bits per heavy atom. The maximum atomic E-state index is 6.16. The molecule has 23 heavy (non-hydrogen) atoms. The van der Waals surface area contributed by atoms with Gasteiger partial charge in [0.25, 0.3) is 0 Å². The van der Waals surface area contributed by atoms with Gasteiger partial charge in [-0.25, -0.2) is 0 Å². The number of para-hydroxylation sites is 2. The van der Waals surface area contributed by atoms with Crippen molar-refractivity contribution in [3.63, 3.8) is 0 Å². The first kappa shape index (κ1) is 16.2. The molecule has 1 aliphatic heterocycles. The van der Waals surface area contributed by atoms with Gasteiger partial charge in [0.1, 0.15) is 12.4 Å². The standard InChI is InChI=1S/C20H24ClNO/c1-15-14-20(2,3)22(18-10-6-4-8-16(15)18)12-13-23-19-11-7-5-9-17(19)21/h4-11,15H,12-14H2,1-3H3. The van der Waals surface area contributed by atoms with Crippen molar-refractivity contribution in [2.45, 2.75) is 38.6 Å². The van der Waals surface area contributed by atoms with Crippen LogP contribution in [0, 0.1) is 0 Å². The Kier molecular flexibility index (Phi) is 4.54. The molecule has 2 aromatic rings. The molecule has 2 nitrogen and oxygen atoms in total. The van der Waals surface area contributed by atoms with Crippen LogP contribution in [0.4, 0.5) is 5.69 Å². The number of ether oxygens (including phenoxy) is 1. The van der Waals surface area contributed by atoms with Crippen LogP contribution in [-0.4, -0.2) is 18.7 Å². The smallest absolute Gasteiger partial charge is 0.137 e. The van der Waals surface area contributed by atoms with Gasteiger partial charge in [0.05, 0.1) is 11.6 Å². The molecule has 0 amide bonds. The Hall–Kier alpha value is -1.67. The summed E-state index contributed by atoms with van der Waals surface area (Å²) in [5.41, 5.74) is 2.89. The summed E-state index contributed by atoms with van der Waals surface area (Å²) in [4.78, 5) is 2.47. The van der Waals surface area contributed by atoms with Crippen LogP contribution in [0.5, 0.6) is 5.75 Å². The van der Waals surface area contributed by atoms with E-state index in [1.807, 2.05) is 24.3 Å². The first-order valence-corrected chi connectivity index (χ1v) is 8.61. The van der Waals surface area contributed by atoms with Crippen LogP contribution < -0.4 is 9.64 Å². The number of halogens is 1. The molecule has 0 fully saturated rings. The molecule has 0 saturated heterocycles. The minimum absolute atomic E-state index is 0.123. The van der Waals surface area contributed by atoms with Crippen LogP contribution in [0.15, 0.2) is 48.5 Å². The molecule has 0 spiro atoms. The summed E-state index contributed by atoms with van der Waals surface area (Å²) in [6.07, 6.45) is 1.15. The van der Waals surface area contributed by atoms with E-state index in [9.17, 15) is 0 Å². The van der Waals surface area contributed by atoms with Crippen molar-refractivity contribution < 1.29 is 4.74 Å². The molecule has 0 aliphatic carbocycles. The quantitative estimate of drug-likeness (QED) is 0.733. The highest BCUT2D eigenvalue weighted by atomic mass is 35.5. The van der Waals surface area contributed by atoms with E-state index >= 15 is 0 Å². The molecular weight excluding hydrogens is 306 g/mol. The number of hydrogen-bond donors (Lipinski definition) is 0. The van der Waals surface area contributed by atoms with Crippen molar-refractivity contribution in [3.05, 3.63) is 59.1 Å². The molecule has 122 valence electrons. The van der Waals surface area contributed by atoms with Crippen LogP contribution >= 0.6 is 11.6 Å². The van der Waals surface area contributed by atoms with Gasteiger partial charge in [-0.05, 0) is 49.9 Å². The van der Waals surface area contributed by atoms with Gasteiger partial charge in [-0.1, -0.05) is 48.9 Å². The first-order valence-electron chi connectivity index (χ1n) is 8.23. The molecule has 0 bridgehead atoms. The number of hydrogen-bond acceptors (Lipinski definition) is 2. The largest absolute Gasteiger partial charge is 0.490 e. The lowest BCUT2D eigenvalue weighted by Gasteiger charge is -2.47. The fourth-order valence-corrected chi connectivity index (χ4v) is 3.87. The van der Waals surface area contributed by atoms with Crippen molar-refractivity contribution in [3.8, 4) is 5.75 Å². The highest BCUT2D eigenvalue weighted by Crippen LogP contribution is 2.42. The second kappa shape index (κ2) is 6.45. The lowest BCUT2D eigenvalue weighted by molar-refractivity contribution is 0.294. The Morgan fingerprint density at radius 3 is 2.61 bits per heavy atom. The van der Waals surface area contributed by atoms with Gasteiger partial charge in [-0.2, -0.15) is 0 Å². The monoisotopic (exact) mass is 329 g/mol. The van der Waals surface area contributed by atoms with Gasteiger partial charge in [-0.3, -0.25) is 0 Å². The first-order chi connectivity index (χ1) is 11.0. The van der Waals surface area contributed by atoms with Gasteiger partial charge in [0.2, 0.25) is 0 Å². The number of rotatable bonds is 4. The average Bonchev–Trinajstić information content (AvgIpc) is 2.51. The highest BCUT2D eigenvalue weighted by Gasteiger charge is 2.35. The predicted molar refractivity (Wildman–Crippen MR) is 97.8 cm³/mol. The van der Waals surface area contributed by atoms with E-state index in [0.717, 1.165) is 18.7 Å². The van der Waals surface area contributed by atoms with E-state index in [1.165, 1.54) is 11.3 Å². The number of nitrogens with zero attached hydrogens (tertiary/aromatic N) is 1. The highest BCUT2D eigenvalue weighted by molar-refractivity contribution is 6.32. The third kappa shape index (κ3) is 3.32. The van der Waals surface area contributed by atoms with E-state index in [0.29, 0.717) is 17.5 Å². The molecule has 3 heteroatoms. The van der Waals surface area contributed by atoms with Crippen molar-refractivity contribution in [2.75, 3.05) is 18.1 Å². The van der Waals surface area contributed by atoms with E-state index in [2.05, 4.69) is 49.9 Å². The number of benzene rings is 2. The molecule has 2 aromatic carbocycles. The third-order valence-corrected chi connectivity index (χ3v) is 5.02. The summed E-state index contributed by atoms with van der Waals surface area (Å²) in [7, 11) is 0. The molecule has 3 rings (SSSR count). The summed E-state index contributed by atoms with van der Waals surface area (Å²) in [6.45, 7) is 8.42. The average molecular weight is 330 g/mol. The van der Waals surface area contributed by atoms with Crippen LogP contribution in [0.3, 0.4) is 0 Å². The molecule has 1 heterocycles. The fourth-order valence-electron chi connectivity index (χ4n) is 3.68. The summed E-state index contributed by atoms with van der Waals surface area (Å²) in [6, 6.07) is 16.4. The minimum atomic E-state index is 0.123. The minimum Gasteiger partial charge on any atom is -0.490 e. The van der Waals surface area contributed by atoms with E-state index in [1.54, 1.807) is 0 Å². The molecule has 0 radical (unpaired) electrons. The SMILES string of the molecule is CC1CC(C)(C)N(CCOc2ccccc2Cl)c2ccccc21.